The molecule has 3 atom stereocenters. The first-order valence-electron chi connectivity index (χ1n) is 6.64. The SMILES string of the molecule is COC(C)C(=O)N1C[C@H](C(=O)O)[C@H](c2ccccc2)C1. The number of carbonyl (C=O) groups is 2. The van der Waals surface area contributed by atoms with Gasteiger partial charge in [-0.15, -0.1) is 0 Å². The molecule has 1 heterocycles. The van der Waals surface area contributed by atoms with Crippen molar-refractivity contribution >= 4 is 11.9 Å². The number of benzene rings is 1. The average Bonchev–Trinajstić information content (AvgIpc) is 2.92. The number of rotatable bonds is 4. The third-order valence-corrected chi connectivity index (χ3v) is 3.88. The molecule has 1 aromatic carbocycles. The number of aliphatic carboxylic acids is 1. The van der Waals surface area contributed by atoms with Gasteiger partial charge in [-0.25, -0.2) is 0 Å². The predicted molar refractivity (Wildman–Crippen MR) is 73.4 cm³/mol. The van der Waals surface area contributed by atoms with Gasteiger partial charge in [0, 0.05) is 26.1 Å². The maximum atomic E-state index is 12.1. The quantitative estimate of drug-likeness (QED) is 0.902. The van der Waals surface area contributed by atoms with Crippen molar-refractivity contribution in [3.63, 3.8) is 0 Å². The molecule has 20 heavy (non-hydrogen) atoms. The van der Waals surface area contributed by atoms with Gasteiger partial charge in [-0.3, -0.25) is 9.59 Å². The number of amides is 1. The van der Waals surface area contributed by atoms with E-state index in [2.05, 4.69) is 0 Å². The lowest BCUT2D eigenvalue weighted by Gasteiger charge is -2.19. The number of hydrogen-bond acceptors (Lipinski definition) is 3. The van der Waals surface area contributed by atoms with Gasteiger partial charge in [0.1, 0.15) is 6.10 Å². The number of nitrogens with zero attached hydrogens (tertiary/aromatic N) is 1. The molecule has 1 unspecified atom stereocenters. The van der Waals surface area contributed by atoms with Crippen LogP contribution in [0.15, 0.2) is 30.3 Å². The van der Waals surface area contributed by atoms with Gasteiger partial charge in [0.2, 0.25) is 0 Å². The van der Waals surface area contributed by atoms with E-state index in [1.165, 1.54) is 7.11 Å². The second kappa shape index (κ2) is 6.05. The third kappa shape index (κ3) is 2.82. The standard InChI is InChI=1S/C15H19NO4/c1-10(20-2)14(17)16-8-12(13(9-16)15(18)19)11-6-4-3-5-7-11/h3-7,10,12-13H,8-9H2,1-2H3,(H,18,19)/t10?,12-,13-/m0/s1. The minimum absolute atomic E-state index is 0.155. The second-order valence-corrected chi connectivity index (χ2v) is 5.08. The number of methoxy groups -OCH3 is 1. The fraction of sp³-hybridized carbons (Fsp3) is 0.467. The Hall–Kier alpha value is -1.88. The number of hydrogen-bond donors (Lipinski definition) is 1. The smallest absolute Gasteiger partial charge is 0.308 e. The maximum Gasteiger partial charge on any atom is 0.308 e. The zero-order valence-corrected chi connectivity index (χ0v) is 11.7. The summed E-state index contributed by atoms with van der Waals surface area (Å²) in [6, 6.07) is 9.49. The van der Waals surface area contributed by atoms with Crippen molar-refractivity contribution in [3.8, 4) is 0 Å². The molecule has 1 amide bonds. The van der Waals surface area contributed by atoms with E-state index in [9.17, 15) is 14.7 Å². The van der Waals surface area contributed by atoms with Crippen LogP contribution in [0, 0.1) is 5.92 Å². The van der Waals surface area contributed by atoms with Crippen LogP contribution in [0.4, 0.5) is 0 Å². The van der Waals surface area contributed by atoms with Crippen molar-refractivity contribution in [2.45, 2.75) is 18.9 Å². The maximum absolute atomic E-state index is 12.1. The van der Waals surface area contributed by atoms with Crippen molar-refractivity contribution in [1.82, 2.24) is 4.90 Å². The molecular weight excluding hydrogens is 258 g/mol. The topological polar surface area (TPSA) is 66.8 Å². The summed E-state index contributed by atoms with van der Waals surface area (Å²) in [5.74, 6) is -1.75. The van der Waals surface area contributed by atoms with Crippen LogP contribution in [0.2, 0.25) is 0 Å². The lowest BCUT2D eigenvalue weighted by Crippen LogP contribution is -2.37. The molecule has 0 bridgehead atoms. The van der Waals surface area contributed by atoms with E-state index in [1.54, 1.807) is 11.8 Å². The largest absolute Gasteiger partial charge is 0.481 e. The molecule has 0 saturated carbocycles. The minimum atomic E-state index is -0.862. The fourth-order valence-corrected chi connectivity index (χ4v) is 2.63. The predicted octanol–water partition coefficient (Wildman–Crippen LogP) is 1.35. The molecule has 108 valence electrons. The second-order valence-electron chi connectivity index (χ2n) is 5.08. The molecule has 5 heteroatoms. The van der Waals surface area contributed by atoms with Gasteiger partial charge in [-0.1, -0.05) is 30.3 Å². The van der Waals surface area contributed by atoms with Crippen LogP contribution in [-0.4, -0.2) is 48.2 Å². The monoisotopic (exact) mass is 277 g/mol. The van der Waals surface area contributed by atoms with Crippen LogP contribution < -0.4 is 0 Å². The molecule has 5 nitrogen and oxygen atoms in total. The first-order chi connectivity index (χ1) is 9.54. The van der Waals surface area contributed by atoms with Gasteiger partial charge >= 0.3 is 5.97 Å². The molecule has 1 aromatic rings. The number of carbonyl (C=O) groups excluding carboxylic acids is 1. The van der Waals surface area contributed by atoms with E-state index < -0.39 is 18.0 Å². The zero-order chi connectivity index (χ0) is 14.7. The normalized spacial score (nSPS) is 23.6. The molecule has 1 aliphatic rings. The number of likely N-dealkylation sites (tertiary alicyclic amines) is 1. The van der Waals surface area contributed by atoms with Crippen molar-refractivity contribution < 1.29 is 19.4 Å². The number of ether oxygens (including phenoxy) is 1. The first kappa shape index (κ1) is 14.5. The summed E-state index contributed by atoms with van der Waals surface area (Å²) >= 11 is 0. The third-order valence-electron chi connectivity index (χ3n) is 3.88. The zero-order valence-electron chi connectivity index (χ0n) is 11.7. The molecule has 0 aromatic heterocycles. The van der Waals surface area contributed by atoms with Gasteiger partial charge in [0.15, 0.2) is 0 Å². The van der Waals surface area contributed by atoms with Crippen molar-refractivity contribution in [2.75, 3.05) is 20.2 Å². The average molecular weight is 277 g/mol. The molecule has 1 fully saturated rings. The van der Waals surface area contributed by atoms with Gasteiger partial charge < -0.3 is 14.7 Å². The summed E-state index contributed by atoms with van der Waals surface area (Å²) in [6.45, 7) is 2.34. The Morgan fingerprint density at radius 2 is 1.95 bits per heavy atom. The Balaban J connectivity index is 2.20. The number of carboxylic acids is 1. The van der Waals surface area contributed by atoms with Crippen LogP contribution in [0.5, 0.6) is 0 Å². The Morgan fingerprint density at radius 1 is 1.30 bits per heavy atom. The Morgan fingerprint density at radius 3 is 2.50 bits per heavy atom. The van der Waals surface area contributed by atoms with Crippen molar-refractivity contribution in [3.05, 3.63) is 35.9 Å². The van der Waals surface area contributed by atoms with Gasteiger partial charge in [0.05, 0.1) is 5.92 Å². The lowest BCUT2D eigenvalue weighted by atomic mass is 9.89. The molecule has 0 radical (unpaired) electrons. The van der Waals surface area contributed by atoms with E-state index in [4.69, 9.17) is 4.74 Å². The Labute approximate surface area is 118 Å². The highest BCUT2D eigenvalue weighted by atomic mass is 16.5. The molecule has 0 spiro atoms. The van der Waals surface area contributed by atoms with Crippen LogP contribution in [0.3, 0.4) is 0 Å². The lowest BCUT2D eigenvalue weighted by molar-refractivity contribution is -0.143. The molecule has 2 rings (SSSR count). The van der Waals surface area contributed by atoms with Crippen LogP contribution in [-0.2, 0) is 14.3 Å². The Kier molecular flexibility index (Phi) is 4.39. The minimum Gasteiger partial charge on any atom is -0.481 e. The van der Waals surface area contributed by atoms with Crippen LogP contribution >= 0.6 is 0 Å². The van der Waals surface area contributed by atoms with Gasteiger partial charge in [0.25, 0.3) is 5.91 Å². The van der Waals surface area contributed by atoms with Gasteiger partial charge in [-0.2, -0.15) is 0 Å². The highest BCUT2D eigenvalue weighted by Gasteiger charge is 2.41. The highest BCUT2D eigenvalue weighted by Crippen LogP contribution is 2.33. The van der Waals surface area contributed by atoms with Crippen LogP contribution in [0.1, 0.15) is 18.4 Å². The first-order valence-corrected chi connectivity index (χ1v) is 6.64. The summed E-state index contributed by atoms with van der Waals surface area (Å²) in [5, 5.41) is 9.37. The van der Waals surface area contributed by atoms with E-state index >= 15 is 0 Å². The summed E-state index contributed by atoms with van der Waals surface area (Å²) in [5.41, 5.74) is 0.959. The summed E-state index contributed by atoms with van der Waals surface area (Å²) < 4.78 is 5.02. The highest BCUT2D eigenvalue weighted by molar-refractivity contribution is 5.82. The number of carboxylic acid groups (broad SMARTS) is 1. The van der Waals surface area contributed by atoms with E-state index in [1.807, 2.05) is 30.3 Å². The van der Waals surface area contributed by atoms with Crippen LogP contribution in [0.25, 0.3) is 0 Å². The molecular formula is C15H19NO4. The fourth-order valence-electron chi connectivity index (χ4n) is 2.63. The van der Waals surface area contributed by atoms with E-state index in [-0.39, 0.29) is 18.4 Å². The summed E-state index contributed by atoms with van der Waals surface area (Å²) in [6.07, 6.45) is -0.543. The van der Waals surface area contributed by atoms with Gasteiger partial charge in [-0.05, 0) is 12.5 Å². The van der Waals surface area contributed by atoms with Crippen molar-refractivity contribution in [2.24, 2.45) is 5.92 Å². The summed E-state index contributed by atoms with van der Waals surface area (Å²) in [7, 11) is 1.47. The molecule has 1 saturated heterocycles. The molecule has 1 N–H and O–H groups in total. The Bertz CT molecular complexity index is 488. The summed E-state index contributed by atoms with van der Waals surface area (Å²) in [4.78, 5) is 25.1. The van der Waals surface area contributed by atoms with E-state index in [0.29, 0.717) is 6.54 Å². The van der Waals surface area contributed by atoms with Crippen molar-refractivity contribution in [1.29, 1.82) is 0 Å². The van der Waals surface area contributed by atoms with E-state index in [0.717, 1.165) is 5.56 Å². The molecule has 1 aliphatic heterocycles. The molecule has 0 aliphatic carbocycles.